The molecule has 6 nitrogen and oxygen atoms in total. The van der Waals surface area contributed by atoms with E-state index in [0.29, 0.717) is 18.1 Å². The van der Waals surface area contributed by atoms with Crippen LogP contribution in [0.5, 0.6) is 5.75 Å². The average molecular weight is 325 g/mol. The monoisotopic (exact) mass is 325 g/mol. The van der Waals surface area contributed by atoms with E-state index in [-0.39, 0.29) is 18.2 Å². The number of fused-ring (bicyclic) bond motifs is 1. The van der Waals surface area contributed by atoms with Crippen molar-refractivity contribution < 1.29 is 14.3 Å². The van der Waals surface area contributed by atoms with E-state index in [4.69, 9.17) is 4.74 Å². The quantitative estimate of drug-likeness (QED) is 0.923. The van der Waals surface area contributed by atoms with Crippen LogP contribution in [0.15, 0.2) is 53.7 Å². The summed E-state index contributed by atoms with van der Waals surface area (Å²) < 4.78 is 5.39. The van der Waals surface area contributed by atoms with Crippen LogP contribution in [0.2, 0.25) is 0 Å². The van der Waals surface area contributed by atoms with Crippen LogP contribution in [-0.2, 0) is 9.59 Å². The predicted octanol–water partition coefficient (Wildman–Crippen LogP) is 2.50. The Hall–Kier alpha value is -2.89. The molecule has 2 aliphatic rings. The number of benzene rings is 1. The summed E-state index contributed by atoms with van der Waals surface area (Å²) in [5, 5.41) is 2.87. The lowest BCUT2D eigenvalue weighted by Gasteiger charge is -2.41. The van der Waals surface area contributed by atoms with Gasteiger partial charge < -0.3 is 15.0 Å². The smallest absolute Gasteiger partial charge is 0.250 e. The van der Waals surface area contributed by atoms with E-state index in [1.807, 2.05) is 13.0 Å². The Morgan fingerprint density at radius 1 is 1.33 bits per heavy atom. The van der Waals surface area contributed by atoms with Crippen molar-refractivity contribution in [3.8, 4) is 5.75 Å². The molecule has 1 aromatic rings. The molecule has 24 heavy (non-hydrogen) atoms. The first-order valence-corrected chi connectivity index (χ1v) is 7.83. The van der Waals surface area contributed by atoms with Crippen molar-refractivity contribution in [3.63, 3.8) is 0 Å². The van der Waals surface area contributed by atoms with E-state index in [1.165, 1.54) is 0 Å². The second-order valence-electron chi connectivity index (χ2n) is 5.80. The molecule has 2 heterocycles. The number of amides is 2. The Bertz CT molecular complexity index is 749. The number of aliphatic imine (C=N–C) groups is 1. The van der Waals surface area contributed by atoms with Crippen molar-refractivity contribution in [1.29, 1.82) is 0 Å². The summed E-state index contributed by atoms with van der Waals surface area (Å²) in [6, 6.07) is 7.14. The van der Waals surface area contributed by atoms with Gasteiger partial charge in [0.15, 0.2) is 0 Å². The summed E-state index contributed by atoms with van der Waals surface area (Å²) in [7, 11) is 0. The summed E-state index contributed by atoms with van der Waals surface area (Å²) >= 11 is 0. The molecule has 3 rings (SSSR count). The highest BCUT2D eigenvalue weighted by Crippen LogP contribution is 2.29. The van der Waals surface area contributed by atoms with Gasteiger partial charge in [-0.25, -0.2) is 0 Å². The second kappa shape index (κ2) is 6.31. The fourth-order valence-corrected chi connectivity index (χ4v) is 2.75. The normalized spacial score (nSPS) is 22.0. The zero-order valence-corrected chi connectivity index (χ0v) is 13.7. The maximum atomic E-state index is 12.9. The van der Waals surface area contributed by atoms with Crippen LogP contribution in [0.1, 0.15) is 20.3 Å². The van der Waals surface area contributed by atoms with Crippen molar-refractivity contribution in [1.82, 2.24) is 4.90 Å². The zero-order valence-electron chi connectivity index (χ0n) is 13.7. The minimum Gasteiger partial charge on any atom is -0.494 e. The highest BCUT2D eigenvalue weighted by molar-refractivity contribution is 6.11. The van der Waals surface area contributed by atoms with Crippen molar-refractivity contribution in [3.05, 3.63) is 48.7 Å². The molecule has 1 atom stereocenters. The van der Waals surface area contributed by atoms with Gasteiger partial charge in [-0.05, 0) is 50.3 Å². The van der Waals surface area contributed by atoms with Crippen LogP contribution in [-0.4, -0.2) is 34.7 Å². The molecule has 2 aliphatic heterocycles. The molecule has 2 amide bonds. The van der Waals surface area contributed by atoms with E-state index in [0.717, 1.165) is 5.75 Å². The number of carbonyl (C=O) groups excluding carboxylic acids is 2. The number of anilines is 1. The summed E-state index contributed by atoms with van der Waals surface area (Å²) in [6.45, 7) is 4.24. The Labute approximate surface area is 140 Å². The lowest BCUT2D eigenvalue weighted by Crippen LogP contribution is -2.58. The molecule has 6 heteroatoms. The highest BCUT2D eigenvalue weighted by atomic mass is 16.5. The van der Waals surface area contributed by atoms with Crippen LogP contribution in [0, 0.1) is 0 Å². The number of nitrogens with one attached hydrogen (secondary N) is 1. The van der Waals surface area contributed by atoms with Gasteiger partial charge in [-0.3, -0.25) is 9.59 Å². The molecule has 0 radical (unpaired) electrons. The van der Waals surface area contributed by atoms with E-state index in [9.17, 15) is 9.59 Å². The van der Waals surface area contributed by atoms with E-state index in [2.05, 4.69) is 10.3 Å². The third-order valence-corrected chi connectivity index (χ3v) is 4.02. The standard InChI is InChI=1S/C18H19N3O3/c1-3-24-14-9-7-13(8-10-14)19-17(23)18(2)12-16(22)20-15-6-4-5-11-21(15)18/h4-11H,3,12H2,1-2H3,(H,19,23). The molecule has 0 fully saturated rings. The summed E-state index contributed by atoms with van der Waals surface area (Å²) in [6.07, 6.45) is 7.12. The number of hydrogen-bond donors (Lipinski definition) is 1. The Kier molecular flexibility index (Phi) is 4.20. The molecule has 1 N–H and O–H groups in total. The third kappa shape index (κ3) is 2.95. The van der Waals surface area contributed by atoms with Gasteiger partial charge >= 0.3 is 0 Å². The zero-order chi connectivity index (χ0) is 17.2. The van der Waals surface area contributed by atoms with Gasteiger partial charge in [0.2, 0.25) is 0 Å². The first-order valence-electron chi connectivity index (χ1n) is 7.83. The summed E-state index contributed by atoms with van der Waals surface area (Å²) in [4.78, 5) is 30.5. The lowest BCUT2D eigenvalue weighted by molar-refractivity contribution is -0.130. The van der Waals surface area contributed by atoms with Gasteiger partial charge in [-0.15, -0.1) is 0 Å². The molecule has 0 bridgehead atoms. The van der Waals surface area contributed by atoms with Crippen molar-refractivity contribution in [2.24, 2.45) is 4.99 Å². The molecular formula is C18H19N3O3. The topological polar surface area (TPSA) is 71.0 Å². The maximum Gasteiger partial charge on any atom is 0.250 e. The van der Waals surface area contributed by atoms with Gasteiger partial charge in [0.05, 0.1) is 13.0 Å². The van der Waals surface area contributed by atoms with E-state index < -0.39 is 5.54 Å². The fourth-order valence-electron chi connectivity index (χ4n) is 2.75. The van der Waals surface area contributed by atoms with Gasteiger partial charge in [0.1, 0.15) is 17.1 Å². The van der Waals surface area contributed by atoms with Gasteiger partial charge in [0.25, 0.3) is 11.8 Å². The average Bonchev–Trinajstić information content (AvgIpc) is 2.56. The van der Waals surface area contributed by atoms with Crippen LogP contribution in [0.25, 0.3) is 0 Å². The van der Waals surface area contributed by atoms with Crippen molar-refractivity contribution in [2.45, 2.75) is 25.8 Å². The molecule has 1 aromatic carbocycles. The molecule has 0 aliphatic carbocycles. The number of amidine groups is 1. The first-order chi connectivity index (χ1) is 11.5. The molecule has 0 aromatic heterocycles. The maximum absolute atomic E-state index is 12.9. The minimum atomic E-state index is -1.02. The third-order valence-electron chi connectivity index (χ3n) is 4.02. The van der Waals surface area contributed by atoms with Crippen LogP contribution in [0.4, 0.5) is 5.69 Å². The number of rotatable bonds is 4. The molecule has 0 saturated carbocycles. The Balaban J connectivity index is 1.80. The number of nitrogens with zero attached hydrogens (tertiary/aromatic N) is 2. The lowest BCUT2D eigenvalue weighted by atomic mass is 9.91. The largest absolute Gasteiger partial charge is 0.494 e. The fraction of sp³-hybridized carbons (Fsp3) is 0.278. The van der Waals surface area contributed by atoms with Crippen LogP contribution >= 0.6 is 0 Å². The van der Waals surface area contributed by atoms with Gasteiger partial charge in [-0.2, -0.15) is 4.99 Å². The highest BCUT2D eigenvalue weighted by Gasteiger charge is 2.45. The van der Waals surface area contributed by atoms with Crippen molar-refractivity contribution in [2.75, 3.05) is 11.9 Å². The number of ether oxygens (including phenoxy) is 1. The molecular weight excluding hydrogens is 306 g/mol. The summed E-state index contributed by atoms with van der Waals surface area (Å²) in [5.74, 6) is 0.670. The first kappa shape index (κ1) is 16.0. The van der Waals surface area contributed by atoms with Gasteiger partial charge in [-0.1, -0.05) is 6.08 Å². The number of allylic oxidation sites excluding steroid dienone is 2. The SMILES string of the molecule is CCOc1ccc(NC(=O)C2(C)CC(=O)N=C3C=CC=CN32)cc1. The molecule has 124 valence electrons. The van der Waals surface area contributed by atoms with Crippen LogP contribution < -0.4 is 10.1 Å². The second-order valence-corrected chi connectivity index (χ2v) is 5.80. The number of hydrogen-bond acceptors (Lipinski definition) is 4. The predicted molar refractivity (Wildman–Crippen MR) is 91.8 cm³/mol. The van der Waals surface area contributed by atoms with Crippen molar-refractivity contribution >= 4 is 23.3 Å². The van der Waals surface area contributed by atoms with E-state index in [1.54, 1.807) is 54.4 Å². The molecule has 1 unspecified atom stereocenters. The minimum absolute atomic E-state index is 0.0253. The Morgan fingerprint density at radius 2 is 2.08 bits per heavy atom. The van der Waals surface area contributed by atoms with Gasteiger partial charge in [0, 0.05) is 11.9 Å². The molecule has 0 saturated heterocycles. The Morgan fingerprint density at radius 3 is 2.79 bits per heavy atom. The molecule has 0 spiro atoms. The summed E-state index contributed by atoms with van der Waals surface area (Å²) in [5.41, 5.74) is -0.369. The van der Waals surface area contributed by atoms with Crippen LogP contribution in [0.3, 0.4) is 0 Å². The number of carbonyl (C=O) groups is 2. The van der Waals surface area contributed by atoms with E-state index >= 15 is 0 Å².